The van der Waals surface area contributed by atoms with Crippen molar-refractivity contribution in [3.05, 3.63) is 22.4 Å². The largest absolute Gasteiger partial charge is 0.348 e. The van der Waals surface area contributed by atoms with Crippen molar-refractivity contribution in [3.8, 4) is 0 Å². The van der Waals surface area contributed by atoms with E-state index < -0.39 is 0 Å². The van der Waals surface area contributed by atoms with Gasteiger partial charge in [-0.2, -0.15) is 11.3 Å². The summed E-state index contributed by atoms with van der Waals surface area (Å²) in [4.78, 5) is 2.37. The van der Waals surface area contributed by atoms with Crippen molar-refractivity contribution in [2.75, 3.05) is 27.3 Å². The van der Waals surface area contributed by atoms with Crippen molar-refractivity contribution in [1.29, 1.82) is 0 Å². The predicted octanol–water partition coefficient (Wildman–Crippen LogP) is 2.82. The van der Waals surface area contributed by atoms with Crippen molar-refractivity contribution in [3.63, 3.8) is 0 Å². The molecular weight excluding hydrogens is 246 g/mol. The summed E-state index contributed by atoms with van der Waals surface area (Å²) in [5.74, 6) is -0.268. The highest BCUT2D eigenvalue weighted by Crippen LogP contribution is 2.47. The van der Waals surface area contributed by atoms with Gasteiger partial charge in [0, 0.05) is 18.4 Å². The summed E-state index contributed by atoms with van der Waals surface area (Å²) in [5, 5.41) is 4.46. The maximum atomic E-state index is 5.83. The summed E-state index contributed by atoms with van der Waals surface area (Å²) in [6, 6.07) is 2.26. The molecule has 1 saturated heterocycles. The smallest absolute Gasteiger partial charge is 0.168 e. The third-order valence-corrected chi connectivity index (χ3v) is 5.25. The second-order valence-electron chi connectivity index (χ2n) is 5.55. The van der Waals surface area contributed by atoms with Gasteiger partial charge in [-0.25, -0.2) is 0 Å². The normalized spacial score (nSPS) is 25.9. The molecule has 3 nitrogen and oxygen atoms in total. The molecule has 1 aromatic heterocycles. The first-order valence-electron chi connectivity index (χ1n) is 6.65. The summed E-state index contributed by atoms with van der Waals surface area (Å²) in [5.41, 5.74) is 1.62. The second-order valence-corrected chi connectivity index (χ2v) is 6.33. The Hall–Kier alpha value is -0.420. The molecule has 1 aromatic rings. The minimum Gasteiger partial charge on any atom is -0.348 e. The molecular formula is C14H21NO2S. The lowest BCUT2D eigenvalue weighted by molar-refractivity contribution is -0.193. The van der Waals surface area contributed by atoms with E-state index in [-0.39, 0.29) is 11.3 Å². The van der Waals surface area contributed by atoms with Crippen LogP contribution in [0.2, 0.25) is 0 Å². The number of rotatable bonds is 2. The molecule has 0 aromatic carbocycles. The highest BCUT2D eigenvalue weighted by Gasteiger charge is 2.48. The molecule has 0 bridgehead atoms. The van der Waals surface area contributed by atoms with Crippen molar-refractivity contribution in [1.82, 2.24) is 4.90 Å². The van der Waals surface area contributed by atoms with E-state index in [0.29, 0.717) is 0 Å². The number of ether oxygens (including phenoxy) is 2. The van der Waals surface area contributed by atoms with Crippen molar-refractivity contribution in [2.24, 2.45) is 0 Å². The number of hydrogen-bond acceptors (Lipinski definition) is 4. The van der Waals surface area contributed by atoms with Crippen LogP contribution in [0.4, 0.5) is 0 Å². The SMILES string of the molecule is CN(C)C1(c2ccsc2)CCC2(CC1)OCCO2. The summed E-state index contributed by atoms with van der Waals surface area (Å²) in [7, 11) is 4.37. The maximum Gasteiger partial charge on any atom is 0.168 e. The minimum atomic E-state index is -0.268. The Kier molecular flexibility index (Phi) is 3.22. The van der Waals surface area contributed by atoms with Gasteiger partial charge in [0.1, 0.15) is 0 Å². The van der Waals surface area contributed by atoms with Gasteiger partial charge in [0.2, 0.25) is 0 Å². The van der Waals surface area contributed by atoms with Crippen LogP contribution in [-0.2, 0) is 15.0 Å². The molecule has 0 unspecified atom stereocenters. The summed E-state index contributed by atoms with van der Waals surface area (Å²) in [6.07, 6.45) is 4.22. The van der Waals surface area contributed by atoms with Crippen LogP contribution >= 0.6 is 11.3 Å². The average molecular weight is 267 g/mol. The van der Waals surface area contributed by atoms with Gasteiger partial charge in [-0.15, -0.1) is 0 Å². The molecule has 3 rings (SSSR count). The van der Waals surface area contributed by atoms with Gasteiger partial charge in [0.05, 0.1) is 13.2 Å². The summed E-state index contributed by atoms with van der Waals surface area (Å²) < 4.78 is 11.7. The summed E-state index contributed by atoms with van der Waals surface area (Å²) >= 11 is 1.78. The van der Waals surface area contributed by atoms with E-state index in [2.05, 4.69) is 35.8 Å². The topological polar surface area (TPSA) is 21.7 Å². The van der Waals surface area contributed by atoms with Crippen LogP contribution in [0.5, 0.6) is 0 Å². The van der Waals surface area contributed by atoms with Gasteiger partial charge in [0.25, 0.3) is 0 Å². The van der Waals surface area contributed by atoms with Crippen LogP contribution < -0.4 is 0 Å². The van der Waals surface area contributed by atoms with Crippen LogP contribution in [-0.4, -0.2) is 38.0 Å². The first-order valence-corrected chi connectivity index (χ1v) is 7.59. The van der Waals surface area contributed by atoms with Crippen LogP contribution in [0, 0.1) is 0 Å². The molecule has 100 valence electrons. The standard InChI is InChI=1S/C14H21NO2S/c1-15(2)13(12-3-10-18-11-12)4-6-14(7-5-13)16-8-9-17-14/h3,10-11H,4-9H2,1-2H3. The molecule has 1 aliphatic heterocycles. The zero-order valence-corrected chi connectivity index (χ0v) is 12.0. The average Bonchev–Trinajstić information content (AvgIpc) is 3.02. The van der Waals surface area contributed by atoms with Gasteiger partial charge in [0.15, 0.2) is 5.79 Å². The Balaban J connectivity index is 1.82. The molecule has 1 saturated carbocycles. The van der Waals surface area contributed by atoms with Gasteiger partial charge in [-0.1, -0.05) is 0 Å². The van der Waals surface area contributed by atoms with Crippen molar-refractivity contribution in [2.45, 2.75) is 37.0 Å². The van der Waals surface area contributed by atoms with E-state index in [4.69, 9.17) is 9.47 Å². The van der Waals surface area contributed by atoms with Gasteiger partial charge < -0.3 is 9.47 Å². The lowest BCUT2D eigenvalue weighted by Gasteiger charge is -2.47. The molecule has 18 heavy (non-hydrogen) atoms. The Labute approximate surface area is 113 Å². The summed E-state index contributed by atoms with van der Waals surface area (Å²) in [6.45, 7) is 1.51. The molecule has 2 fully saturated rings. The lowest BCUT2D eigenvalue weighted by Crippen LogP contribution is -2.49. The first kappa shape index (κ1) is 12.6. The van der Waals surface area contributed by atoms with Gasteiger partial charge >= 0.3 is 0 Å². The van der Waals surface area contributed by atoms with Crippen LogP contribution in [0.15, 0.2) is 16.8 Å². The van der Waals surface area contributed by atoms with E-state index in [1.165, 1.54) is 5.56 Å². The lowest BCUT2D eigenvalue weighted by atomic mass is 9.74. The Morgan fingerprint density at radius 3 is 2.28 bits per heavy atom. The monoisotopic (exact) mass is 267 g/mol. The fourth-order valence-corrected chi connectivity index (χ4v) is 4.10. The predicted molar refractivity (Wildman–Crippen MR) is 72.8 cm³/mol. The Bertz CT molecular complexity index is 386. The molecule has 4 heteroatoms. The molecule has 2 heterocycles. The van der Waals surface area contributed by atoms with Crippen LogP contribution in [0.1, 0.15) is 31.2 Å². The molecule has 0 N–H and O–H groups in total. The fourth-order valence-electron chi connectivity index (χ4n) is 3.35. The zero-order valence-electron chi connectivity index (χ0n) is 11.1. The highest BCUT2D eigenvalue weighted by atomic mass is 32.1. The van der Waals surface area contributed by atoms with E-state index >= 15 is 0 Å². The van der Waals surface area contributed by atoms with E-state index in [1.54, 1.807) is 11.3 Å². The molecule has 0 radical (unpaired) electrons. The van der Waals surface area contributed by atoms with Crippen LogP contribution in [0.3, 0.4) is 0 Å². The molecule has 0 amide bonds. The Morgan fingerprint density at radius 2 is 1.78 bits per heavy atom. The van der Waals surface area contributed by atoms with Crippen molar-refractivity contribution >= 4 is 11.3 Å². The van der Waals surface area contributed by atoms with E-state index in [1.807, 2.05) is 0 Å². The Morgan fingerprint density at radius 1 is 1.11 bits per heavy atom. The van der Waals surface area contributed by atoms with E-state index in [9.17, 15) is 0 Å². The quantitative estimate of drug-likeness (QED) is 0.822. The van der Waals surface area contributed by atoms with Crippen molar-refractivity contribution < 1.29 is 9.47 Å². The van der Waals surface area contributed by atoms with Crippen LogP contribution in [0.25, 0.3) is 0 Å². The number of nitrogens with zero attached hydrogens (tertiary/aromatic N) is 1. The van der Waals surface area contributed by atoms with Gasteiger partial charge in [-0.05, 0) is 49.3 Å². The third kappa shape index (κ3) is 1.92. The number of hydrogen-bond donors (Lipinski definition) is 0. The zero-order chi connectivity index (χ0) is 12.6. The number of thiophene rings is 1. The third-order valence-electron chi connectivity index (χ3n) is 4.57. The molecule has 2 aliphatic rings. The molecule has 0 atom stereocenters. The maximum absolute atomic E-state index is 5.83. The highest BCUT2D eigenvalue weighted by molar-refractivity contribution is 7.08. The second kappa shape index (κ2) is 4.60. The minimum absolute atomic E-state index is 0.167. The molecule has 1 aliphatic carbocycles. The van der Waals surface area contributed by atoms with Gasteiger partial charge in [-0.3, -0.25) is 4.90 Å². The fraction of sp³-hybridized carbons (Fsp3) is 0.714. The van der Waals surface area contributed by atoms with E-state index in [0.717, 1.165) is 38.9 Å². The first-order chi connectivity index (χ1) is 8.67. The molecule has 1 spiro atoms.